The topological polar surface area (TPSA) is 60.2 Å². The molecule has 1 aromatic carbocycles. The van der Waals surface area contributed by atoms with E-state index in [1.165, 1.54) is 12.1 Å². The van der Waals surface area contributed by atoms with Crippen molar-refractivity contribution in [2.24, 2.45) is 11.8 Å². The Kier molecular flexibility index (Phi) is 4.48. The number of fused-ring (bicyclic) bond motifs is 1. The molecule has 3 heterocycles. The van der Waals surface area contributed by atoms with Crippen molar-refractivity contribution in [1.29, 1.82) is 0 Å². The van der Waals surface area contributed by atoms with Crippen molar-refractivity contribution < 1.29 is 14.2 Å². The summed E-state index contributed by atoms with van der Waals surface area (Å²) in [6, 6.07) is 7.95. The van der Waals surface area contributed by atoms with Gasteiger partial charge in [-0.25, -0.2) is 14.4 Å². The molecule has 5 atom stereocenters. The third-order valence-corrected chi connectivity index (χ3v) is 5.77. The van der Waals surface area contributed by atoms with Crippen molar-refractivity contribution in [2.45, 2.75) is 46.1 Å². The van der Waals surface area contributed by atoms with Crippen LogP contribution < -0.4 is 0 Å². The fraction of sp³-hybridized carbons (Fsp3) is 0.429. The predicted molar refractivity (Wildman–Crippen MR) is 101 cm³/mol. The van der Waals surface area contributed by atoms with E-state index in [0.29, 0.717) is 5.56 Å². The quantitative estimate of drug-likeness (QED) is 0.755. The van der Waals surface area contributed by atoms with E-state index in [2.05, 4.69) is 23.8 Å². The molecule has 4 rings (SSSR count). The summed E-state index contributed by atoms with van der Waals surface area (Å²) in [5.74, 6) is 0.705. The fourth-order valence-corrected chi connectivity index (χ4v) is 4.02. The number of hydrogen-bond acceptors (Lipinski definition) is 4. The van der Waals surface area contributed by atoms with Gasteiger partial charge in [-0.05, 0) is 43.5 Å². The summed E-state index contributed by atoms with van der Waals surface area (Å²) in [5.41, 5.74) is 2.45. The third-order valence-electron chi connectivity index (χ3n) is 5.77. The molecule has 3 aromatic rings. The van der Waals surface area contributed by atoms with E-state index in [9.17, 15) is 9.50 Å². The Morgan fingerprint density at radius 3 is 2.48 bits per heavy atom. The monoisotopic (exact) mass is 369 g/mol. The second-order valence-corrected chi connectivity index (χ2v) is 7.52. The maximum absolute atomic E-state index is 13.2. The van der Waals surface area contributed by atoms with Gasteiger partial charge in [-0.2, -0.15) is 0 Å². The van der Waals surface area contributed by atoms with E-state index in [4.69, 9.17) is 4.74 Å². The zero-order chi connectivity index (χ0) is 19.3. The van der Waals surface area contributed by atoms with Crippen LogP contribution in [0, 0.1) is 31.5 Å². The SMILES string of the molecule is Cc1nc(C)c2ccn(C3OC(C(O)c4ccc(F)cc4)C(C)C3C)c2n1. The number of aryl methyl sites for hydroxylation is 2. The summed E-state index contributed by atoms with van der Waals surface area (Å²) in [6.07, 6.45) is 0.558. The number of ether oxygens (including phenoxy) is 1. The number of aliphatic hydroxyl groups is 1. The lowest BCUT2D eigenvalue weighted by Gasteiger charge is -2.22. The van der Waals surface area contributed by atoms with Crippen molar-refractivity contribution in [1.82, 2.24) is 14.5 Å². The van der Waals surface area contributed by atoms with E-state index in [-0.39, 0.29) is 30.0 Å². The van der Waals surface area contributed by atoms with E-state index in [1.54, 1.807) is 12.1 Å². The van der Waals surface area contributed by atoms with Gasteiger partial charge in [0.05, 0.1) is 11.8 Å². The molecule has 0 saturated carbocycles. The summed E-state index contributed by atoms with van der Waals surface area (Å²) < 4.78 is 21.6. The Hall–Kier alpha value is -2.31. The molecule has 2 aromatic heterocycles. The number of nitrogens with zero attached hydrogens (tertiary/aromatic N) is 3. The number of rotatable bonds is 3. The normalized spacial score (nSPS) is 26.6. The summed E-state index contributed by atoms with van der Waals surface area (Å²) >= 11 is 0. The lowest BCUT2D eigenvalue weighted by atomic mass is 9.88. The Morgan fingerprint density at radius 1 is 1.07 bits per heavy atom. The highest BCUT2D eigenvalue weighted by molar-refractivity contribution is 5.78. The molecular formula is C21H24FN3O2. The van der Waals surface area contributed by atoms with Gasteiger partial charge in [-0.15, -0.1) is 0 Å². The molecule has 0 aliphatic carbocycles. The molecule has 1 aliphatic heterocycles. The molecule has 0 spiro atoms. The minimum Gasteiger partial charge on any atom is -0.386 e. The molecule has 0 radical (unpaired) electrons. The lowest BCUT2D eigenvalue weighted by Crippen LogP contribution is -2.24. The molecule has 142 valence electrons. The van der Waals surface area contributed by atoms with Crippen LogP contribution in [0.3, 0.4) is 0 Å². The highest BCUT2D eigenvalue weighted by Crippen LogP contribution is 2.44. The summed E-state index contributed by atoms with van der Waals surface area (Å²) in [5, 5.41) is 11.8. The van der Waals surface area contributed by atoms with Crippen LogP contribution in [0.25, 0.3) is 11.0 Å². The van der Waals surface area contributed by atoms with Crippen molar-refractivity contribution >= 4 is 11.0 Å². The highest BCUT2D eigenvalue weighted by atomic mass is 19.1. The molecule has 1 N–H and O–H groups in total. The van der Waals surface area contributed by atoms with Crippen LogP contribution in [-0.2, 0) is 4.74 Å². The van der Waals surface area contributed by atoms with E-state index < -0.39 is 6.10 Å². The zero-order valence-electron chi connectivity index (χ0n) is 15.9. The molecule has 27 heavy (non-hydrogen) atoms. The van der Waals surface area contributed by atoms with Crippen LogP contribution in [0.4, 0.5) is 4.39 Å². The third kappa shape index (κ3) is 3.03. The predicted octanol–water partition coefficient (Wildman–Crippen LogP) is 4.09. The van der Waals surface area contributed by atoms with Gasteiger partial charge < -0.3 is 14.4 Å². The summed E-state index contributed by atoms with van der Waals surface area (Å²) in [6.45, 7) is 8.06. The molecule has 1 fully saturated rings. The minimum absolute atomic E-state index is 0.122. The Labute approximate surface area is 157 Å². The largest absolute Gasteiger partial charge is 0.386 e. The standard InChI is InChI=1S/C21H24FN3O2/c1-11-12(2)21(25-10-9-17-13(3)23-14(4)24-20(17)25)27-19(11)18(26)15-5-7-16(22)8-6-15/h5-12,18-19,21,26H,1-4H3. The van der Waals surface area contributed by atoms with Gasteiger partial charge in [0.15, 0.2) is 0 Å². The van der Waals surface area contributed by atoms with Gasteiger partial charge in [0.1, 0.15) is 29.6 Å². The van der Waals surface area contributed by atoms with Gasteiger partial charge in [-0.3, -0.25) is 0 Å². The van der Waals surface area contributed by atoms with Gasteiger partial charge in [0.25, 0.3) is 0 Å². The maximum atomic E-state index is 13.2. The maximum Gasteiger partial charge on any atom is 0.146 e. The number of benzene rings is 1. The molecule has 0 bridgehead atoms. The van der Waals surface area contributed by atoms with Crippen molar-refractivity contribution in [3.63, 3.8) is 0 Å². The zero-order valence-corrected chi connectivity index (χ0v) is 15.9. The van der Waals surface area contributed by atoms with Crippen molar-refractivity contribution in [3.8, 4) is 0 Å². The smallest absolute Gasteiger partial charge is 0.146 e. The Bertz CT molecular complexity index is 969. The Balaban J connectivity index is 1.67. The van der Waals surface area contributed by atoms with E-state index in [1.807, 2.05) is 30.7 Å². The number of hydrogen-bond donors (Lipinski definition) is 1. The van der Waals surface area contributed by atoms with Gasteiger partial charge in [0, 0.05) is 17.5 Å². The van der Waals surface area contributed by atoms with Gasteiger partial charge in [-0.1, -0.05) is 26.0 Å². The van der Waals surface area contributed by atoms with Gasteiger partial charge in [0.2, 0.25) is 0 Å². The molecule has 1 saturated heterocycles. The van der Waals surface area contributed by atoms with Gasteiger partial charge >= 0.3 is 0 Å². The summed E-state index contributed by atoms with van der Waals surface area (Å²) in [7, 11) is 0. The average molecular weight is 369 g/mol. The van der Waals surface area contributed by atoms with Crippen LogP contribution in [0.5, 0.6) is 0 Å². The molecule has 5 nitrogen and oxygen atoms in total. The van der Waals surface area contributed by atoms with E-state index >= 15 is 0 Å². The average Bonchev–Trinajstić information content (AvgIpc) is 3.17. The summed E-state index contributed by atoms with van der Waals surface area (Å²) in [4.78, 5) is 9.04. The van der Waals surface area contributed by atoms with Crippen LogP contribution in [0.15, 0.2) is 36.5 Å². The van der Waals surface area contributed by atoms with Crippen LogP contribution in [-0.4, -0.2) is 25.7 Å². The van der Waals surface area contributed by atoms with Crippen LogP contribution in [0.2, 0.25) is 0 Å². The second-order valence-electron chi connectivity index (χ2n) is 7.52. The first kappa shape index (κ1) is 18.1. The van der Waals surface area contributed by atoms with Crippen molar-refractivity contribution in [3.05, 3.63) is 59.4 Å². The first-order chi connectivity index (χ1) is 12.9. The molecular weight excluding hydrogens is 345 g/mol. The van der Waals surface area contributed by atoms with Crippen molar-refractivity contribution in [2.75, 3.05) is 0 Å². The highest BCUT2D eigenvalue weighted by Gasteiger charge is 2.44. The fourth-order valence-electron chi connectivity index (χ4n) is 4.02. The molecule has 1 aliphatic rings. The first-order valence-corrected chi connectivity index (χ1v) is 9.27. The number of aromatic nitrogens is 3. The number of halogens is 1. The minimum atomic E-state index is -0.812. The number of aliphatic hydroxyl groups excluding tert-OH is 1. The Morgan fingerprint density at radius 2 is 1.78 bits per heavy atom. The molecule has 5 unspecified atom stereocenters. The molecule has 0 amide bonds. The van der Waals surface area contributed by atoms with Crippen LogP contribution >= 0.6 is 0 Å². The second kappa shape index (κ2) is 6.69. The van der Waals surface area contributed by atoms with E-state index in [0.717, 1.165) is 22.6 Å². The lowest BCUT2D eigenvalue weighted by molar-refractivity contribution is -0.0705. The molecule has 6 heteroatoms. The van der Waals surface area contributed by atoms with Crippen LogP contribution in [0.1, 0.15) is 43.3 Å². The first-order valence-electron chi connectivity index (χ1n) is 9.27.